The average Bonchev–Trinajstić information content (AvgIpc) is 2.90. The van der Waals surface area contributed by atoms with Gasteiger partial charge in [-0.25, -0.2) is 0 Å². The Balaban J connectivity index is 1.19. The maximum absolute atomic E-state index is 13.0. The van der Waals surface area contributed by atoms with Crippen LogP contribution in [-0.2, 0) is 19.1 Å². The van der Waals surface area contributed by atoms with Gasteiger partial charge in [-0.3, -0.25) is 9.88 Å². The number of alkyl halides is 3. The lowest BCUT2D eigenvalue weighted by Gasteiger charge is -2.36. The highest BCUT2D eigenvalue weighted by molar-refractivity contribution is 5.93. The number of nitrogens with zero attached hydrogens (tertiary/aromatic N) is 3. The van der Waals surface area contributed by atoms with Gasteiger partial charge in [-0.05, 0) is 60.0 Å². The van der Waals surface area contributed by atoms with Gasteiger partial charge in [-0.15, -0.1) is 0 Å². The summed E-state index contributed by atoms with van der Waals surface area (Å²) in [6.07, 6.45) is -1.80. The van der Waals surface area contributed by atoms with E-state index in [4.69, 9.17) is 0 Å². The van der Waals surface area contributed by atoms with E-state index in [9.17, 15) is 13.2 Å². The molecule has 3 aromatic carbocycles. The summed E-state index contributed by atoms with van der Waals surface area (Å²) in [4.78, 5) is 9.03. The molecule has 0 bridgehead atoms. The zero-order chi connectivity index (χ0) is 25.1. The van der Waals surface area contributed by atoms with Crippen LogP contribution >= 0.6 is 0 Å². The third-order valence-corrected chi connectivity index (χ3v) is 6.79. The van der Waals surface area contributed by atoms with E-state index in [1.807, 2.05) is 12.1 Å². The number of pyridine rings is 1. The first kappa shape index (κ1) is 24.1. The molecule has 0 atom stereocenters. The van der Waals surface area contributed by atoms with Crippen molar-refractivity contribution in [2.45, 2.75) is 26.1 Å². The van der Waals surface area contributed by atoms with Crippen molar-refractivity contribution in [2.75, 3.05) is 36.4 Å². The van der Waals surface area contributed by atoms with E-state index in [1.54, 1.807) is 6.07 Å². The van der Waals surface area contributed by atoms with Crippen molar-refractivity contribution in [2.24, 2.45) is 0 Å². The highest BCUT2D eigenvalue weighted by Crippen LogP contribution is 2.33. The monoisotopic (exact) mass is 490 g/mol. The molecule has 4 nitrogen and oxygen atoms in total. The molecule has 1 fully saturated rings. The Hall–Kier alpha value is -3.58. The third kappa shape index (κ3) is 5.46. The highest BCUT2D eigenvalue weighted by atomic mass is 19.4. The van der Waals surface area contributed by atoms with Gasteiger partial charge < -0.3 is 10.2 Å². The lowest BCUT2D eigenvalue weighted by atomic mass is 10.1. The van der Waals surface area contributed by atoms with E-state index >= 15 is 0 Å². The fourth-order valence-corrected chi connectivity index (χ4v) is 4.65. The number of hydrogen-bond acceptors (Lipinski definition) is 4. The van der Waals surface area contributed by atoms with Crippen LogP contribution < -0.4 is 10.2 Å². The van der Waals surface area contributed by atoms with Crippen molar-refractivity contribution in [3.63, 3.8) is 0 Å². The molecule has 36 heavy (non-hydrogen) atoms. The number of halogens is 3. The minimum absolute atomic E-state index is 0.312. The van der Waals surface area contributed by atoms with Crippen molar-refractivity contribution in [3.8, 4) is 0 Å². The summed E-state index contributed by atoms with van der Waals surface area (Å²) in [6.45, 7) is 7.11. The molecule has 0 spiro atoms. The molecule has 186 valence electrons. The smallest absolute Gasteiger partial charge is 0.369 e. The van der Waals surface area contributed by atoms with Crippen LogP contribution in [0.1, 0.15) is 23.6 Å². The lowest BCUT2D eigenvalue weighted by Crippen LogP contribution is -2.45. The minimum atomic E-state index is -4.39. The summed E-state index contributed by atoms with van der Waals surface area (Å²) in [7, 11) is 0. The van der Waals surface area contributed by atoms with E-state index in [1.165, 1.54) is 29.1 Å². The molecule has 1 aromatic heterocycles. The van der Waals surface area contributed by atoms with Gasteiger partial charge in [0.2, 0.25) is 0 Å². The van der Waals surface area contributed by atoms with Gasteiger partial charge in [0.25, 0.3) is 0 Å². The fourth-order valence-electron chi connectivity index (χ4n) is 4.65. The molecule has 4 aromatic rings. The topological polar surface area (TPSA) is 31.4 Å². The van der Waals surface area contributed by atoms with E-state index in [2.05, 4.69) is 63.4 Å². The second-order valence-electron chi connectivity index (χ2n) is 9.19. The normalized spacial score (nSPS) is 14.8. The summed E-state index contributed by atoms with van der Waals surface area (Å²) in [6, 6.07) is 22.5. The van der Waals surface area contributed by atoms with E-state index in [0.717, 1.165) is 62.7 Å². The van der Waals surface area contributed by atoms with Crippen LogP contribution in [0.5, 0.6) is 0 Å². The number of piperazine rings is 1. The van der Waals surface area contributed by atoms with Crippen LogP contribution in [0.2, 0.25) is 0 Å². The molecule has 0 amide bonds. The van der Waals surface area contributed by atoms with Crippen LogP contribution in [-0.4, -0.2) is 36.1 Å². The average molecular weight is 491 g/mol. The van der Waals surface area contributed by atoms with Crippen molar-refractivity contribution in [1.29, 1.82) is 0 Å². The van der Waals surface area contributed by atoms with E-state index in [0.29, 0.717) is 10.9 Å². The Kier molecular flexibility index (Phi) is 6.83. The predicted octanol–water partition coefficient (Wildman–Crippen LogP) is 6.88. The second kappa shape index (κ2) is 10.2. The number of rotatable bonds is 6. The molecule has 0 aliphatic carbocycles. The molecule has 1 aliphatic rings. The Labute approximate surface area is 209 Å². The van der Waals surface area contributed by atoms with Gasteiger partial charge in [0.15, 0.2) is 0 Å². The van der Waals surface area contributed by atoms with Gasteiger partial charge in [0.1, 0.15) is 0 Å². The number of benzene rings is 3. The maximum Gasteiger partial charge on any atom is 0.416 e. The zero-order valence-electron chi connectivity index (χ0n) is 20.2. The third-order valence-electron chi connectivity index (χ3n) is 6.79. The quantitative estimate of drug-likeness (QED) is 0.319. The standard InChI is InChI=1S/C29H29F3N4/c1-2-21-5-10-25(11-6-21)36-17-15-35(16-18-36)20-22-3-8-24(9-4-22)34-27-13-14-33-28-19-23(29(30,31)32)7-12-26(27)28/h3-14,19H,2,15-18,20H2,1H3,(H,33,34). The Morgan fingerprint density at radius 3 is 2.19 bits per heavy atom. The van der Waals surface area contributed by atoms with E-state index in [-0.39, 0.29) is 0 Å². The molecular weight excluding hydrogens is 461 g/mol. The molecule has 1 aliphatic heterocycles. The number of hydrogen-bond donors (Lipinski definition) is 1. The van der Waals surface area contributed by atoms with Gasteiger partial charge >= 0.3 is 6.18 Å². The number of aromatic nitrogens is 1. The molecule has 5 rings (SSSR count). The van der Waals surface area contributed by atoms with E-state index < -0.39 is 11.7 Å². The van der Waals surface area contributed by atoms with Gasteiger partial charge in [-0.2, -0.15) is 13.2 Å². The molecule has 2 heterocycles. The summed E-state index contributed by atoms with van der Waals surface area (Å²) in [5.74, 6) is 0. The fraction of sp³-hybridized carbons (Fsp3) is 0.276. The van der Waals surface area contributed by atoms with Crippen molar-refractivity contribution < 1.29 is 13.2 Å². The molecule has 1 N–H and O–H groups in total. The van der Waals surface area contributed by atoms with Crippen LogP contribution in [0.25, 0.3) is 10.9 Å². The van der Waals surface area contributed by atoms with Crippen LogP contribution in [0.15, 0.2) is 79.0 Å². The number of aryl methyl sites for hydroxylation is 1. The first-order valence-corrected chi connectivity index (χ1v) is 12.3. The summed E-state index contributed by atoms with van der Waals surface area (Å²) >= 11 is 0. The second-order valence-corrected chi connectivity index (χ2v) is 9.19. The summed E-state index contributed by atoms with van der Waals surface area (Å²) in [5.41, 5.74) is 5.11. The Morgan fingerprint density at radius 1 is 0.833 bits per heavy atom. The molecule has 0 saturated carbocycles. The maximum atomic E-state index is 13.0. The van der Waals surface area contributed by atoms with Crippen LogP contribution in [0.3, 0.4) is 0 Å². The minimum Gasteiger partial charge on any atom is -0.369 e. The summed E-state index contributed by atoms with van der Waals surface area (Å²) < 4.78 is 39.1. The molecule has 0 unspecified atom stereocenters. The molecule has 0 radical (unpaired) electrons. The first-order chi connectivity index (χ1) is 17.4. The van der Waals surface area contributed by atoms with Crippen LogP contribution in [0.4, 0.5) is 30.2 Å². The van der Waals surface area contributed by atoms with Crippen molar-refractivity contribution in [1.82, 2.24) is 9.88 Å². The van der Waals surface area contributed by atoms with Crippen molar-refractivity contribution >= 4 is 28.0 Å². The first-order valence-electron chi connectivity index (χ1n) is 12.3. The Bertz CT molecular complexity index is 1310. The number of anilines is 3. The Morgan fingerprint density at radius 2 is 1.53 bits per heavy atom. The van der Waals surface area contributed by atoms with Gasteiger partial charge in [-0.1, -0.05) is 37.3 Å². The van der Waals surface area contributed by atoms with Crippen molar-refractivity contribution in [3.05, 3.63) is 95.7 Å². The molecule has 1 saturated heterocycles. The van der Waals surface area contributed by atoms with Gasteiger partial charge in [0.05, 0.1) is 11.1 Å². The van der Waals surface area contributed by atoms with Crippen LogP contribution in [0, 0.1) is 0 Å². The number of fused-ring (bicyclic) bond motifs is 1. The SMILES string of the molecule is CCc1ccc(N2CCN(Cc3ccc(Nc4ccnc5cc(C(F)(F)F)ccc45)cc3)CC2)cc1. The largest absolute Gasteiger partial charge is 0.416 e. The predicted molar refractivity (Wildman–Crippen MR) is 140 cm³/mol. The number of nitrogens with one attached hydrogen (secondary N) is 1. The zero-order valence-corrected chi connectivity index (χ0v) is 20.2. The summed E-state index contributed by atoms with van der Waals surface area (Å²) in [5, 5.41) is 3.98. The lowest BCUT2D eigenvalue weighted by molar-refractivity contribution is -0.137. The molecular formula is C29H29F3N4. The molecule has 7 heteroatoms. The highest BCUT2D eigenvalue weighted by Gasteiger charge is 2.30. The van der Waals surface area contributed by atoms with Gasteiger partial charge in [0, 0.05) is 61.4 Å².